The van der Waals surface area contributed by atoms with E-state index >= 15 is 0 Å². The van der Waals surface area contributed by atoms with E-state index in [0.29, 0.717) is 0 Å². The molecule has 0 saturated carbocycles. The van der Waals surface area contributed by atoms with E-state index < -0.39 is 0 Å². The van der Waals surface area contributed by atoms with E-state index in [1.807, 2.05) is 55.0 Å². The summed E-state index contributed by atoms with van der Waals surface area (Å²) in [6.07, 6.45) is 7.35. The summed E-state index contributed by atoms with van der Waals surface area (Å²) in [5.41, 5.74) is 5.07. The van der Waals surface area contributed by atoms with Crippen molar-refractivity contribution in [1.29, 1.82) is 0 Å². The highest BCUT2D eigenvalue weighted by Gasteiger charge is 2.18. The first-order valence-electron chi connectivity index (χ1n) is 8.07. The van der Waals surface area contributed by atoms with Crippen LogP contribution >= 0.6 is 0 Å². The molecule has 3 heterocycles. The molecule has 1 aliphatic rings. The van der Waals surface area contributed by atoms with Gasteiger partial charge in [-0.1, -0.05) is 30.3 Å². The molecular weight excluding hydrogens is 312 g/mol. The number of pyridine rings is 2. The molecule has 124 valence electrons. The summed E-state index contributed by atoms with van der Waals surface area (Å²) in [5.74, 6) is 0.736. The van der Waals surface area contributed by atoms with Gasteiger partial charge in [0.05, 0.1) is 24.7 Å². The van der Waals surface area contributed by atoms with Crippen molar-refractivity contribution in [2.75, 3.05) is 7.11 Å². The van der Waals surface area contributed by atoms with Crippen molar-refractivity contribution < 1.29 is 4.74 Å². The van der Waals surface area contributed by atoms with Gasteiger partial charge in [-0.15, -0.1) is 0 Å². The topological polar surface area (TPSA) is 59.1 Å². The van der Waals surface area contributed by atoms with Crippen LogP contribution in [0.2, 0.25) is 0 Å². The molecule has 2 N–H and O–H groups in total. The number of methoxy groups -OCH3 is 1. The highest BCUT2D eigenvalue weighted by atomic mass is 16.5. The number of hydrogen-bond acceptors (Lipinski definition) is 5. The molecule has 1 aromatic carbocycles. The van der Waals surface area contributed by atoms with Crippen molar-refractivity contribution in [3.05, 3.63) is 84.6 Å². The predicted octanol–water partition coefficient (Wildman–Crippen LogP) is 3.34. The molecule has 2 aromatic heterocycles. The van der Waals surface area contributed by atoms with Crippen molar-refractivity contribution in [3.8, 4) is 16.9 Å². The minimum Gasteiger partial charge on any atom is -0.495 e. The molecule has 0 saturated heterocycles. The van der Waals surface area contributed by atoms with Gasteiger partial charge in [0, 0.05) is 24.2 Å². The van der Waals surface area contributed by atoms with Gasteiger partial charge in [0.15, 0.2) is 0 Å². The minimum atomic E-state index is 0.0557. The third-order valence-corrected chi connectivity index (χ3v) is 4.15. The van der Waals surface area contributed by atoms with E-state index in [0.717, 1.165) is 28.3 Å². The maximum Gasteiger partial charge on any atom is 0.137 e. The van der Waals surface area contributed by atoms with E-state index in [1.54, 1.807) is 13.3 Å². The van der Waals surface area contributed by atoms with Crippen molar-refractivity contribution in [2.24, 2.45) is 0 Å². The van der Waals surface area contributed by atoms with Crippen LogP contribution in [-0.2, 0) is 0 Å². The molecule has 5 nitrogen and oxygen atoms in total. The lowest BCUT2D eigenvalue weighted by Crippen LogP contribution is -2.22. The molecular formula is C20H18N4O. The van der Waals surface area contributed by atoms with Gasteiger partial charge in [-0.05, 0) is 29.3 Å². The fourth-order valence-corrected chi connectivity index (χ4v) is 2.82. The summed E-state index contributed by atoms with van der Waals surface area (Å²) < 4.78 is 5.26. The monoisotopic (exact) mass is 330 g/mol. The van der Waals surface area contributed by atoms with Gasteiger partial charge in [0.25, 0.3) is 0 Å². The van der Waals surface area contributed by atoms with Gasteiger partial charge in [0.1, 0.15) is 11.9 Å². The largest absolute Gasteiger partial charge is 0.495 e. The molecule has 3 aromatic rings. The zero-order chi connectivity index (χ0) is 17.1. The fraction of sp³-hybridized carbons (Fsp3) is 0.100. The number of rotatable bonds is 4. The number of benzene rings is 1. The van der Waals surface area contributed by atoms with Crippen molar-refractivity contribution in [3.63, 3.8) is 0 Å². The molecule has 0 radical (unpaired) electrons. The van der Waals surface area contributed by atoms with Crippen LogP contribution < -0.4 is 15.4 Å². The Morgan fingerprint density at radius 1 is 1.00 bits per heavy atom. The summed E-state index contributed by atoms with van der Waals surface area (Å²) in [4.78, 5) is 8.72. The Hall–Kier alpha value is -3.34. The Bertz CT molecular complexity index is 908. The molecule has 4 rings (SSSR count). The summed E-state index contributed by atoms with van der Waals surface area (Å²) in [5, 5.41) is 6.83. The predicted molar refractivity (Wildman–Crippen MR) is 97.5 cm³/mol. The Morgan fingerprint density at radius 3 is 2.72 bits per heavy atom. The number of nitrogens with zero attached hydrogens (tertiary/aromatic N) is 2. The molecule has 1 atom stereocenters. The second-order valence-electron chi connectivity index (χ2n) is 5.76. The normalized spacial score (nSPS) is 15.9. The molecule has 0 aliphatic carbocycles. The lowest BCUT2D eigenvalue weighted by Gasteiger charge is -2.14. The third kappa shape index (κ3) is 3.17. The zero-order valence-electron chi connectivity index (χ0n) is 13.8. The summed E-state index contributed by atoms with van der Waals surface area (Å²) in [6.45, 7) is 0. The number of nitrogens with one attached hydrogen (secondary N) is 2. The van der Waals surface area contributed by atoms with Gasteiger partial charge < -0.3 is 15.4 Å². The van der Waals surface area contributed by atoms with Gasteiger partial charge in [-0.3, -0.25) is 9.97 Å². The first-order chi connectivity index (χ1) is 12.3. The summed E-state index contributed by atoms with van der Waals surface area (Å²) in [7, 11) is 1.64. The van der Waals surface area contributed by atoms with Crippen LogP contribution in [0.4, 0.5) is 0 Å². The second kappa shape index (κ2) is 6.65. The van der Waals surface area contributed by atoms with Gasteiger partial charge in [-0.2, -0.15) is 0 Å². The Morgan fingerprint density at radius 2 is 1.88 bits per heavy atom. The van der Waals surface area contributed by atoms with E-state index in [4.69, 9.17) is 4.74 Å². The molecule has 0 bridgehead atoms. The standard InChI is InChI=1S/C20H18N4O/c1-25-17-9-16(11-21-12-17)15-7-8-22-18(10-15)19-13-23-20(24-19)14-5-3-2-4-6-14/h2-13,20,23-24H,1H3. The van der Waals surface area contributed by atoms with Crippen LogP contribution in [0.1, 0.15) is 17.4 Å². The van der Waals surface area contributed by atoms with E-state index in [1.165, 1.54) is 5.56 Å². The molecule has 1 aliphatic heterocycles. The van der Waals surface area contributed by atoms with Crippen LogP contribution in [0, 0.1) is 0 Å². The van der Waals surface area contributed by atoms with E-state index in [2.05, 4.69) is 32.7 Å². The first kappa shape index (κ1) is 15.2. The minimum absolute atomic E-state index is 0.0557. The SMILES string of the molecule is COc1cncc(-c2ccnc(C3=CNC(c4ccccc4)N3)c2)c1. The highest BCUT2D eigenvalue weighted by Crippen LogP contribution is 2.26. The molecule has 0 fully saturated rings. The molecule has 5 heteroatoms. The second-order valence-corrected chi connectivity index (χ2v) is 5.76. The Labute approximate surface area is 146 Å². The summed E-state index contributed by atoms with van der Waals surface area (Å²) in [6, 6.07) is 16.2. The average molecular weight is 330 g/mol. The maximum absolute atomic E-state index is 5.26. The molecule has 0 spiro atoms. The number of aromatic nitrogens is 2. The van der Waals surface area contributed by atoms with Gasteiger partial charge in [0.2, 0.25) is 0 Å². The molecule has 25 heavy (non-hydrogen) atoms. The van der Waals surface area contributed by atoms with Crippen molar-refractivity contribution in [1.82, 2.24) is 20.6 Å². The van der Waals surface area contributed by atoms with Crippen LogP contribution in [0.25, 0.3) is 16.8 Å². The van der Waals surface area contributed by atoms with Gasteiger partial charge >= 0.3 is 0 Å². The van der Waals surface area contributed by atoms with Crippen LogP contribution in [0.15, 0.2) is 73.3 Å². The summed E-state index contributed by atoms with van der Waals surface area (Å²) >= 11 is 0. The van der Waals surface area contributed by atoms with E-state index in [9.17, 15) is 0 Å². The van der Waals surface area contributed by atoms with Crippen LogP contribution in [0.5, 0.6) is 5.75 Å². The van der Waals surface area contributed by atoms with Crippen LogP contribution in [0.3, 0.4) is 0 Å². The number of hydrogen-bond donors (Lipinski definition) is 2. The Balaban J connectivity index is 1.58. The fourth-order valence-electron chi connectivity index (χ4n) is 2.82. The van der Waals surface area contributed by atoms with Gasteiger partial charge in [-0.25, -0.2) is 0 Å². The lowest BCUT2D eigenvalue weighted by atomic mass is 10.1. The van der Waals surface area contributed by atoms with Crippen molar-refractivity contribution in [2.45, 2.75) is 6.17 Å². The highest BCUT2D eigenvalue weighted by molar-refractivity contribution is 5.70. The van der Waals surface area contributed by atoms with E-state index in [-0.39, 0.29) is 6.17 Å². The Kier molecular flexibility index (Phi) is 4.04. The number of ether oxygens (including phenoxy) is 1. The lowest BCUT2D eigenvalue weighted by molar-refractivity contribution is 0.413. The zero-order valence-corrected chi connectivity index (χ0v) is 13.8. The van der Waals surface area contributed by atoms with Crippen molar-refractivity contribution >= 4 is 5.70 Å². The maximum atomic E-state index is 5.26. The molecule has 0 amide bonds. The first-order valence-corrected chi connectivity index (χ1v) is 8.07. The third-order valence-electron chi connectivity index (χ3n) is 4.15. The molecule has 1 unspecified atom stereocenters. The average Bonchev–Trinajstić information content (AvgIpc) is 3.19. The van der Waals surface area contributed by atoms with Crippen LogP contribution in [-0.4, -0.2) is 17.1 Å². The quantitative estimate of drug-likeness (QED) is 0.768. The smallest absolute Gasteiger partial charge is 0.137 e.